The third-order valence-corrected chi connectivity index (χ3v) is 8.83. The molecule has 2 aliphatic heterocycles. The van der Waals surface area contributed by atoms with Gasteiger partial charge in [-0.25, -0.2) is 4.99 Å². The Bertz CT molecular complexity index is 1130. The first-order valence-corrected chi connectivity index (χ1v) is 13.3. The number of hydrogen-bond acceptors (Lipinski definition) is 6. The molecule has 8 heteroatoms. The number of amidine groups is 1. The van der Waals surface area contributed by atoms with Gasteiger partial charge in [0.05, 0.1) is 18.5 Å². The number of carbonyl (C=O) groups is 1. The van der Waals surface area contributed by atoms with Gasteiger partial charge in [0.1, 0.15) is 15.7 Å². The van der Waals surface area contributed by atoms with Crippen LogP contribution in [0.5, 0.6) is 5.75 Å². The number of anilines is 1. The van der Waals surface area contributed by atoms with Gasteiger partial charge in [0, 0.05) is 28.6 Å². The van der Waals surface area contributed by atoms with E-state index >= 15 is 0 Å². The Morgan fingerprint density at radius 3 is 2.55 bits per heavy atom. The summed E-state index contributed by atoms with van der Waals surface area (Å²) in [7, 11) is 1.68. The van der Waals surface area contributed by atoms with E-state index in [9.17, 15) is 4.79 Å². The molecule has 1 saturated carbocycles. The molecule has 33 heavy (non-hydrogen) atoms. The number of ether oxygens (including phenoxy) is 1. The van der Waals surface area contributed by atoms with E-state index in [0.717, 1.165) is 69.3 Å². The third kappa shape index (κ3) is 4.38. The molecule has 1 amide bonds. The number of amides is 1. The molecule has 2 aromatic carbocycles. The highest BCUT2D eigenvalue weighted by atomic mass is 35.5. The Morgan fingerprint density at radius 1 is 1.09 bits per heavy atom. The lowest BCUT2D eigenvalue weighted by Gasteiger charge is -2.30. The van der Waals surface area contributed by atoms with Crippen molar-refractivity contribution < 1.29 is 9.53 Å². The van der Waals surface area contributed by atoms with E-state index in [1.807, 2.05) is 41.3 Å². The van der Waals surface area contributed by atoms with E-state index in [0.29, 0.717) is 5.02 Å². The minimum Gasteiger partial charge on any atom is -0.497 e. The molecular weight excluding hydrogens is 474 g/mol. The average molecular weight is 500 g/mol. The van der Waals surface area contributed by atoms with Crippen LogP contribution >= 0.6 is 35.1 Å². The molecule has 2 fully saturated rings. The largest absolute Gasteiger partial charge is 0.497 e. The number of fused-ring (bicyclic) bond motifs is 1. The van der Waals surface area contributed by atoms with Crippen LogP contribution in [0.2, 0.25) is 5.02 Å². The predicted molar refractivity (Wildman–Crippen MR) is 139 cm³/mol. The van der Waals surface area contributed by atoms with Crippen molar-refractivity contribution in [3.63, 3.8) is 0 Å². The van der Waals surface area contributed by atoms with Gasteiger partial charge in [0.15, 0.2) is 5.17 Å². The fourth-order valence-electron chi connectivity index (χ4n) is 4.55. The fourth-order valence-corrected chi connectivity index (χ4v) is 7.11. The molecular formula is C25H26ClN3O2S2. The fraction of sp³-hybridized carbons (Fsp3) is 0.360. The van der Waals surface area contributed by atoms with Gasteiger partial charge in [0.25, 0.3) is 5.91 Å². The normalized spacial score (nSPS) is 22.4. The Labute approximate surface area is 208 Å². The first kappa shape index (κ1) is 22.7. The summed E-state index contributed by atoms with van der Waals surface area (Å²) in [6.45, 7) is 2.88. The molecule has 1 aliphatic carbocycles. The van der Waals surface area contributed by atoms with Gasteiger partial charge in [-0.15, -0.1) is 0 Å². The highest BCUT2D eigenvalue weighted by Crippen LogP contribution is 2.52. The van der Waals surface area contributed by atoms with Gasteiger partial charge in [0.2, 0.25) is 0 Å². The maximum atomic E-state index is 13.9. The summed E-state index contributed by atoms with van der Waals surface area (Å²) in [6, 6.07) is 13.8. The average Bonchev–Trinajstić information content (AvgIpc) is 3.37. The van der Waals surface area contributed by atoms with E-state index in [1.165, 1.54) is 18.2 Å². The van der Waals surface area contributed by atoms with Gasteiger partial charge < -0.3 is 9.64 Å². The minimum atomic E-state index is 0.0698. The summed E-state index contributed by atoms with van der Waals surface area (Å²) < 4.78 is 5.44. The monoisotopic (exact) mass is 499 g/mol. The number of nitrogens with zero attached hydrogens (tertiary/aromatic N) is 3. The van der Waals surface area contributed by atoms with Crippen molar-refractivity contribution in [2.75, 3.05) is 18.6 Å². The summed E-state index contributed by atoms with van der Waals surface area (Å²) in [6.07, 6.45) is 5.59. The Hall–Kier alpha value is -2.09. The zero-order chi connectivity index (χ0) is 22.9. The molecule has 0 unspecified atom stereocenters. The van der Waals surface area contributed by atoms with E-state index in [1.54, 1.807) is 18.9 Å². The minimum absolute atomic E-state index is 0.0698. The van der Waals surface area contributed by atoms with Gasteiger partial charge in [-0.1, -0.05) is 42.6 Å². The van der Waals surface area contributed by atoms with Crippen LogP contribution in [0.25, 0.3) is 0 Å². The summed E-state index contributed by atoms with van der Waals surface area (Å²) in [5, 5.41) is 2.43. The van der Waals surface area contributed by atoms with Crippen LogP contribution in [-0.4, -0.2) is 35.7 Å². The lowest BCUT2D eigenvalue weighted by molar-refractivity contribution is -0.124. The van der Waals surface area contributed by atoms with Crippen LogP contribution in [0.3, 0.4) is 0 Å². The van der Waals surface area contributed by atoms with Gasteiger partial charge in [-0.3, -0.25) is 9.69 Å². The molecule has 2 aromatic rings. The third-order valence-electron chi connectivity index (χ3n) is 6.22. The molecule has 172 valence electrons. The summed E-state index contributed by atoms with van der Waals surface area (Å²) in [5.41, 5.74) is 1.89. The number of methoxy groups -OCH3 is 1. The number of rotatable bonds is 4. The summed E-state index contributed by atoms with van der Waals surface area (Å²) >= 11 is 9.22. The molecule has 0 radical (unpaired) electrons. The number of aliphatic imine (C=N–C) groups is 1. The second-order valence-electron chi connectivity index (χ2n) is 8.25. The van der Waals surface area contributed by atoms with Crippen LogP contribution in [0, 0.1) is 0 Å². The Kier molecular flexibility index (Phi) is 6.63. The maximum Gasteiger partial charge on any atom is 0.269 e. The van der Waals surface area contributed by atoms with Crippen molar-refractivity contribution in [1.82, 2.24) is 4.90 Å². The second-order valence-corrected chi connectivity index (χ2v) is 10.7. The molecule has 5 nitrogen and oxygen atoms in total. The first-order chi connectivity index (χ1) is 16.1. The number of halogens is 1. The van der Waals surface area contributed by atoms with Crippen molar-refractivity contribution in [1.29, 1.82) is 0 Å². The van der Waals surface area contributed by atoms with Gasteiger partial charge >= 0.3 is 0 Å². The molecule has 1 saturated heterocycles. The maximum absolute atomic E-state index is 13.9. The lowest BCUT2D eigenvalue weighted by Crippen LogP contribution is -2.40. The summed E-state index contributed by atoms with van der Waals surface area (Å²) in [5.74, 6) is 0.888. The number of carbonyl (C=O) groups excluding carboxylic acids is 1. The van der Waals surface area contributed by atoms with Crippen molar-refractivity contribution in [3.8, 4) is 5.75 Å². The highest BCUT2D eigenvalue weighted by molar-refractivity contribution is 8.19. The van der Waals surface area contributed by atoms with Crippen LogP contribution in [0.15, 0.2) is 62.3 Å². The van der Waals surface area contributed by atoms with Crippen LogP contribution < -0.4 is 9.64 Å². The molecule has 0 spiro atoms. The zero-order valence-corrected chi connectivity index (χ0v) is 21.1. The van der Waals surface area contributed by atoms with Crippen molar-refractivity contribution in [2.24, 2.45) is 4.99 Å². The first-order valence-electron chi connectivity index (χ1n) is 11.3. The smallest absolute Gasteiger partial charge is 0.269 e. The van der Waals surface area contributed by atoms with E-state index in [4.69, 9.17) is 21.3 Å². The van der Waals surface area contributed by atoms with E-state index < -0.39 is 0 Å². The van der Waals surface area contributed by atoms with Crippen LogP contribution in [0.4, 0.5) is 11.4 Å². The van der Waals surface area contributed by atoms with Crippen molar-refractivity contribution in [3.05, 3.63) is 57.4 Å². The quantitative estimate of drug-likeness (QED) is 0.422. The van der Waals surface area contributed by atoms with Gasteiger partial charge in [-0.05, 0) is 67.9 Å². The molecule has 3 aliphatic rings. The van der Waals surface area contributed by atoms with Crippen molar-refractivity contribution >= 4 is 57.6 Å². The highest BCUT2D eigenvalue weighted by Gasteiger charge is 2.43. The zero-order valence-electron chi connectivity index (χ0n) is 18.7. The molecule has 0 aromatic heterocycles. The van der Waals surface area contributed by atoms with Crippen LogP contribution in [0.1, 0.15) is 39.0 Å². The number of thioether (sulfide) groups is 2. The molecule has 0 atom stereocenters. The predicted octanol–water partition coefficient (Wildman–Crippen LogP) is 7.05. The van der Waals surface area contributed by atoms with E-state index in [-0.39, 0.29) is 11.9 Å². The molecule has 2 heterocycles. The number of benzene rings is 2. The Morgan fingerprint density at radius 2 is 1.85 bits per heavy atom. The van der Waals surface area contributed by atoms with E-state index in [2.05, 4.69) is 17.9 Å². The summed E-state index contributed by atoms with van der Waals surface area (Å²) in [4.78, 5) is 24.8. The van der Waals surface area contributed by atoms with Crippen molar-refractivity contribution in [2.45, 2.75) is 50.0 Å². The molecule has 5 rings (SSSR count). The topological polar surface area (TPSA) is 45.1 Å². The second kappa shape index (κ2) is 9.65. The van der Waals surface area contributed by atoms with Gasteiger partial charge in [-0.2, -0.15) is 0 Å². The SMILES string of the molecule is CCN1C(=C2SC(=Nc3ccc(Cl)cc3)N(C3CCCCC3)C2=O)Sc2ccc(OC)cc21. The standard InChI is InChI=1S/C25H26ClN3O2S2/c1-3-28-20-15-19(31-2)13-14-21(20)32-24(28)22-23(30)29(18-7-5-4-6-8-18)25(33-22)27-17-11-9-16(26)10-12-17/h9-15,18H,3-8H2,1-2H3. The van der Waals surface area contributed by atoms with Crippen LogP contribution in [-0.2, 0) is 4.79 Å². The number of hydrogen-bond donors (Lipinski definition) is 0. The lowest BCUT2D eigenvalue weighted by atomic mass is 9.94. The molecule has 0 bridgehead atoms. The Balaban J connectivity index is 1.56. The molecule has 0 N–H and O–H groups in total.